The molecule has 2 atom stereocenters. The van der Waals surface area contributed by atoms with E-state index in [1.807, 2.05) is 12.1 Å². The summed E-state index contributed by atoms with van der Waals surface area (Å²) in [4.78, 5) is 14.1. The van der Waals surface area contributed by atoms with Crippen LogP contribution in [0, 0.1) is 18.7 Å². The van der Waals surface area contributed by atoms with Crippen LogP contribution in [0.1, 0.15) is 31.7 Å². The number of anilines is 2. The second-order valence-electron chi connectivity index (χ2n) is 9.87. The van der Waals surface area contributed by atoms with Gasteiger partial charge in [-0.2, -0.15) is 0 Å². The highest BCUT2D eigenvalue weighted by atomic mass is 19.1. The first-order valence-electron chi connectivity index (χ1n) is 13.0. The average molecular weight is 494 g/mol. The van der Waals surface area contributed by atoms with Crippen molar-refractivity contribution in [3.8, 4) is 11.5 Å². The Morgan fingerprint density at radius 3 is 2.78 bits per heavy atom. The number of nitrogens with zero attached hydrogens (tertiary/aromatic N) is 4. The highest BCUT2D eigenvalue weighted by Crippen LogP contribution is 2.35. The van der Waals surface area contributed by atoms with Gasteiger partial charge in [0.1, 0.15) is 18.0 Å². The van der Waals surface area contributed by atoms with Gasteiger partial charge in [-0.15, -0.1) is 0 Å². The van der Waals surface area contributed by atoms with Crippen molar-refractivity contribution in [2.24, 2.45) is 5.92 Å². The Kier molecular flexibility index (Phi) is 7.53. The average Bonchev–Trinajstić information content (AvgIpc) is 3.31. The lowest BCUT2D eigenvalue weighted by atomic mass is 9.92. The van der Waals surface area contributed by atoms with Gasteiger partial charge in [0.2, 0.25) is 0 Å². The number of halogens is 1. The van der Waals surface area contributed by atoms with Crippen molar-refractivity contribution >= 4 is 22.4 Å². The van der Waals surface area contributed by atoms with E-state index < -0.39 is 0 Å². The lowest BCUT2D eigenvalue weighted by Crippen LogP contribution is -2.48. The molecule has 2 aliphatic rings. The van der Waals surface area contributed by atoms with Crippen molar-refractivity contribution in [1.29, 1.82) is 0 Å². The number of piperidine rings is 1. The van der Waals surface area contributed by atoms with Gasteiger partial charge in [0.25, 0.3) is 0 Å². The lowest BCUT2D eigenvalue weighted by molar-refractivity contribution is 0.103. The van der Waals surface area contributed by atoms with Gasteiger partial charge in [-0.05, 0) is 81.6 Å². The molecular weight excluding hydrogens is 457 g/mol. The molecule has 192 valence electrons. The first-order valence-corrected chi connectivity index (χ1v) is 13.0. The van der Waals surface area contributed by atoms with Gasteiger partial charge in [0.15, 0.2) is 11.5 Å². The van der Waals surface area contributed by atoms with Crippen molar-refractivity contribution in [1.82, 2.24) is 19.8 Å². The van der Waals surface area contributed by atoms with E-state index in [9.17, 15) is 4.39 Å². The zero-order valence-electron chi connectivity index (χ0n) is 21.5. The monoisotopic (exact) mass is 493 g/mol. The van der Waals surface area contributed by atoms with E-state index in [1.54, 1.807) is 26.2 Å². The Balaban J connectivity index is 1.24. The normalized spacial score (nSPS) is 20.4. The van der Waals surface area contributed by atoms with Crippen LogP contribution >= 0.6 is 0 Å². The van der Waals surface area contributed by atoms with Crippen LogP contribution in [0.5, 0.6) is 11.5 Å². The van der Waals surface area contributed by atoms with Gasteiger partial charge < -0.3 is 19.7 Å². The van der Waals surface area contributed by atoms with E-state index in [1.165, 1.54) is 44.9 Å². The van der Waals surface area contributed by atoms with E-state index in [4.69, 9.17) is 9.47 Å². The van der Waals surface area contributed by atoms with Crippen LogP contribution in [0.15, 0.2) is 36.7 Å². The van der Waals surface area contributed by atoms with E-state index in [-0.39, 0.29) is 5.82 Å². The summed E-state index contributed by atoms with van der Waals surface area (Å²) in [7, 11) is 1.64. The Morgan fingerprint density at radius 1 is 1.11 bits per heavy atom. The highest BCUT2D eigenvalue weighted by molar-refractivity contribution is 5.93. The summed E-state index contributed by atoms with van der Waals surface area (Å²) in [6.45, 7) is 10.4. The van der Waals surface area contributed by atoms with E-state index >= 15 is 0 Å². The molecule has 5 rings (SSSR count). The summed E-state index contributed by atoms with van der Waals surface area (Å²) in [5, 5.41) is 4.11. The van der Waals surface area contributed by atoms with Crippen molar-refractivity contribution in [3.05, 3.63) is 48.0 Å². The first kappa shape index (κ1) is 24.7. The molecule has 0 aliphatic carbocycles. The van der Waals surface area contributed by atoms with Crippen LogP contribution < -0.4 is 14.8 Å². The second kappa shape index (κ2) is 11.0. The highest BCUT2D eigenvalue weighted by Gasteiger charge is 2.37. The number of fused-ring (bicyclic) bond motifs is 2. The fraction of sp³-hybridized carbons (Fsp3) is 0.500. The number of ether oxygens (including phenoxy) is 2. The number of nitrogens with one attached hydrogen (secondary N) is 1. The summed E-state index contributed by atoms with van der Waals surface area (Å²) >= 11 is 0. The maximum atomic E-state index is 13.7. The van der Waals surface area contributed by atoms with Crippen LogP contribution in [0.4, 0.5) is 15.9 Å². The minimum Gasteiger partial charge on any atom is -0.493 e. The van der Waals surface area contributed by atoms with Gasteiger partial charge in [-0.3, -0.25) is 4.90 Å². The number of hydrogen-bond donors (Lipinski definition) is 1. The molecule has 7 nitrogen and oxygen atoms in total. The Hall–Kier alpha value is -2.97. The fourth-order valence-corrected chi connectivity index (χ4v) is 5.65. The molecule has 3 aromatic rings. The van der Waals surface area contributed by atoms with Crippen molar-refractivity contribution in [2.75, 3.05) is 51.8 Å². The van der Waals surface area contributed by atoms with Gasteiger partial charge in [0.05, 0.1) is 19.2 Å². The SMILES string of the molecule is CCN1CCC2CCN(CCCOc3cc4c(Nc5ccc(F)c(C)c5)ncnc4cc3OC)CC21. The molecule has 36 heavy (non-hydrogen) atoms. The molecule has 8 heteroatoms. The molecule has 2 aliphatic heterocycles. The molecule has 3 heterocycles. The smallest absolute Gasteiger partial charge is 0.162 e. The Labute approximate surface area is 212 Å². The minimum absolute atomic E-state index is 0.233. The number of likely N-dealkylation sites (N-methyl/N-ethyl adjacent to an activating group) is 1. The Morgan fingerprint density at radius 2 is 1.97 bits per heavy atom. The molecule has 2 fully saturated rings. The van der Waals surface area contributed by atoms with Gasteiger partial charge in [-0.25, -0.2) is 14.4 Å². The molecule has 0 radical (unpaired) electrons. The quantitative estimate of drug-likeness (QED) is 0.420. The molecule has 2 saturated heterocycles. The summed E-state index contributed by atoms with van der Waals surface area (Å²) in [5.74, 6) is 2.60. The van der Waals surface area contributed by atoms with Gasteiger partial charge in [0, 0.05) is 36.3 Å². The molecule has 1 aromatic heterocycles. The lowest BCUT2D eigenvalue weighted by Gasteiger charge is -2.38. The number of likely N-dealkylation sites (tertiary alicyclic amines) is 2. The van der Waals surface area contributed by atoms with Crippen LogP contribution in [-0.4, -0.2) is 72.3 Å². The molecule has 0 amide bonds. The van der Waals surface area contributed by atoms with E-state index in [2.05, 4.69) is 32.0 Å². The van der Waals surface area contributed by atoms with Crippen molar-refractivity contribution < 1.29 is 13.9 Å². The van der Waals surface area contributed by atoms with Gasteiger partial charge >= 0.3 is 0 Å². The number of benzene rings is 2. The molecule has 0 spiro atoms. The summed E-state index contributed by atoms with van der Waals surface area (Å²) in [6.07, 6.45) is 5.13. The molecule has 1 N–H and O–H groups in total. The largest absolute Gasteiger partial charge is 0.493 e. The maximum absolute atomic E-state index is 13.7. The molecule has 0 bridgehead atoms. The van der Waals surface area contributed by atoms with E-state index in [0.717, 1.165) is 48.1 Å². The molecular formula is C28H36FN5O2. The van der Waals surface area contributed by atoms with Crippen molar-refractivity contribution in [3.63, 3.8) is 0 Å². The summed E-state index contributed by atoms with van der Waals surface area (Å²) in [5.41, 5.74) is 2.08. The topological polar surface area (TPSA) is 62.8 Å². The summed E-state index contributed by atoms with van der Waals surface area (Å²) < 4.78 is 25.5. The zero-order chi connectivity index (χ0) is 25.1. The number of rotatable bonds is 9. The third-order valence-electron chi connectivity index (χ3n) is 7.69. The molecule has 2 aromatic carbocycles. The molecule has 0 saturated carbocycles. The summed E-state index contributed by atoms with van der Waals surface area (Å²) in [6, 6.07) is 9.44. The number of aryl methyl sites for hydroxylation is 1. The standard InChI is InChI=1S/C28H36FN5O2/c1-4-34-12-9-20-8-11-33(17-25(20)34)10-5-13-36-27-15-22-24(16-26(27)35-3)30-18-31-28(22)32-21-6-7-23(29)19(2)14-21/h6-7,14-16,18,20,25H,4-5,8-13,17H2,1-3H3,(H,30,31,32). The van der Waals surface area contributed by atoms with Gasteiger partial charge in [-0.1, -0.05) is 6.92 Å². The zero-order valence-corrected chi connectivity index (χ0v) is 21.5. The maximum Gasteiger partial charge on any atom is 0.162 e. The fourth-order valence-electron chi connectivity index (χ4n) is 5.65. The third-order valence-corrected chi connectivity index (χ3v) is 7.69. The van der Waals surface area contributed by atoms with Crippen molar-refractivity contribution in [2.45, 2.75) is 39.2 Å². The van der Waals surface area contributed by atoms with E-state index in [0.29, 0.717) is 29.5 Å². The minimum atomic E-state index is -0.233. The van der Waals surface area contributed by atoms with Crippen LogP contribution in [0.25, 0.3) is 10.9 Å². The van der Waals surface area contributed by atoms with Crippen LogP contribution in [0.3, 0.4) is 0 Å². The predicted molar refractivity (Wildman–Crippen MR) is 141 cm³/mol. The van der Waals surface area contributed by atoms with Crippen LogP contribution in [0.2, 0.25) is 0 Å². The molecule has 2 unspecified atom stereocenters. The predicted octanol–water partition coefficient (Wildman–Crippen LogP) is 5.01. The third kappa shape index (κ3) is 5.25. The first-order chi connectivity index (χ1) is 17.6. The number of aromatic nitrogens is 2. The number of methoxy groups -OCH3 is 1. The Bertz CT molecular complexity index is 1200. The second-order valence-corrected chi connectivity index (χ2v) is 9.87. The van der Waals surface area contributed by atoms with Crippen LogP contribution in [-0.2, 0) is 0 Å². The number of hydrogen-bond acceptors (Lipinski definition) is 7.